The third kappa shape index (κ3) is 10.4. The molecule has 1 aromatic rings. The Hall–Kier alpha value is -0.940. The van der Waals surface area contributed by atoms with Crippen LogP contribution < -0.4 is 10.6 Å². The van der Waals surface area contributed by atoms with Gasteiger partial charge in [-0.1, -0.05) is 5.16 Å². The lowest BCUT2D eigenvalue weighted by atomic mass is 10.4. The van der Waals surface area contributed by atoms with E-state index in [0.29, 0.717) is 18.3 Å². The minimum atomic E-state index is 0. The van der Waals surface area contributed by atoms with Crippen molar-refractivity contribution in [2.24, 2.45) is 4.99 Å². The second kappa shape index (κ2) is 13.5. The van der Waals surface area contributed by atoms with E-state index in [1.807, 2.05) is 6.92 Å². The van der Waals surface area contributed by atoms with Gasteiger partial charge in [-0.3, -0.25) is 0 Å². The van der Waals surface area contributed by atoms with Gasteiger partial charge >= 0.3 is 0 Å². The molecule has 0 atom stereocenters. The maximum Gasteiger partial charge on any atom is 0.223 e. The molecule has 2 N–H and O–H groups in total. The maximum atomic E-state index is 5.05. The van der Waals surface area contributed by atoms with Crippen molar-refractivity contribution < 1.29 is 9.26 Å². The molecular weight excluding hydrogens is 411 g/mol. The smallest absolute Gasteiger partial charge is 0.223 e. The first-order chi connectivity index (χ1) is 10.7. The summed E-state index contributed by atoms with van der Waals surface area (Å²) in [7, 11) is 3.83. The third-order valence-corrected chi connectivity index (χ3v) is 2.97. The Morgan fingerprint density at radius 2 is 2.13 bits per heavy atom. The van der Waals surface area contributed by atoms with E-state index in [9.17, 15) is 0 Å². The van der Waals surface area contributed by atoms with E-state index >= 15 is 0 Å². The molecule has 134 valence electrons. The number of aliphatic imine (C=N–C) groups is 1. The van der Waals surface area contributed by atoms with E-state index in [0.717, 1.165) is 45.2 Å². The molecule has 0 aliphatic rings. The number of methoxy groups -OCH3 is 1. The first-order valence-corrected chi connectivity index (χ1v) is 7.64. The van der Waals surface area contributed by atoms with Gasteiger partial charge in [-0.15, -0.1) is 24.0 Å². The van der Waals surface area contributed by atoms with Crippen LogP contribution in [0.5, 0.6) is 0 Å². The Balaban J connectivity index is 0.00000484. The molecule has 9 heteroatoms. The SMILES string of the molecule is CCNC(=NCc1noc(C)n1)NCCN(C)CCCOC.I. The van der Waals surface area contributed by atoms with Gasteiger partial charge in [0, 0.05) is 46.8 Å². The predicted molar refractivity (Wildman–Crippen MR) is 101 cm³/mol. The Morgan fingerprint density at radius 1 is 1.35 bits per heavy atom. The van der Waals surface area contributed by atoms with Crippen LogP contribution in [0.2, 0.25) is 0 Å². The highest BCUT2D eigenvalue weighted by Gasteiger charge is 2.03. The van der Waals surface area contributed by atoms with Gasteiger partial charge in [0.25, 0.3) is 0 Å². The van der Waals surface area contributed by atoms with Crippen LogP contribution in [-0.2, 0) is 11.3 Å². The summed E-state index contributed by atoms with van der Waals surface area (Å²) in [6.45, 7) is 8.58. The molecule has 1 heterocycles. The largest absolute Gasteiger partial charge is 0.385 e. The number of ether oxygens (including phenoxy) is 1. The van der Waals surface area contributed by atoms with Crippen molar-refractivity contribution >= 4 is 29.9 Å². The van der Waals surface area contributed by atoms with Crippen LogP contribution in [-0.4, -0.2) is 67.9 Å². The number of nitrogens with zero attached hydrogens (tertiary/aromatic N) is 4. The summed E-state index contributed by atoms with van der Waals surface area (Å²) in [5.41, 5.74) is 0. The Labute approximate surface area is 155 Å². The van der Waals surface area contributed by atoms with Gasteiger partial charge in [0.1, 0.15) is 6.54 Å². The summed E-state index contributed by atoms with van der Waals surface area (Å²) in [4.78, 5) is 10.8. The lowest BCUT2D eigenvalue weighted by molar-refractivity contribution is 0.180. The molecular formula is C14H29IN6O2. The Kier molecular flexibility index (Phi) is 12.9. The molecule has 0 fully saturated rings. The average molecular weight is 440 g/mol. The lowest BCUT2D eigenvalue weighted by Crippen LogP contribution is -2.41. The average Bonchev–Trinajstić information content (AvgIpc) is 2.91. The molecule has 0 saturated heterocycles. The summed E-state index contributed by atoms with van der Waals surface area (Å²) in [5.74, 6) is 1.91. The first-order valence-electron chi connectivity index (χ1n) is 7.64. The van der Waals surface area contributed by atoms with Crippen LogP contribution in [0.1, 0.15) is 25.1 Å². The molecule has 0 aliphatic heterocycles. The minimum Gasteiger partial charge on any atom is -0.385 e. The van der Waals surface area contributed by atoms with Crippen LogP contribution in [0.3, 0.4) is 0 Å². The molecule has 0 bridgehead atoms. The van der Waals surface area contributed by atoms with Crippen molar-refractivity contribution in [1.29, 1.82) is 0 Å². The number of guanidine groups is 1. The number of aryl methyl sites for hydroxylation is 1. The summed E-state index contributed by atoms with van der Waals surface area (Å²) < 4.78 is 9.98. The highest BCUT2D eigenvalue weighted by molar-refractivity contribution is 14.0. The normalized spacial score (nSPS) is 11.4. The fraction of sp³-hybridized carbons (Fsp3) is 0.786. The van der Waals surface area contributed by atoms with E-state index in [1.54, 1.807) is 14.0 Å². The molecule has 8 nitrogen and oxygen atoms in total. The summed E-state index contributed by atoms with van der Waals surface area (Å²) in [6.07, 6.45) is 1.04. The van der Waals surface area contributed by atoms with Crippen molar-refractivity contribution in [2.75, 3.05) is 46.9 Å². The van der Waals surface area contributed by atoms with Crippen LogP contribution in [0.25, 0.3) is 0 Å². The van der Waals surface area contributed by atoms with E-state index in [2.05, 4.69) is 37.7 Å². The monoisotopic (exact) mass is 440 g/mol. The molecule has 0 aromatic carbocycles. The minimum absolute atomic E-state index is 0. The Morgan fingerprint density at radius 3 is 2.74 bits per heavy atom. The van der Waals surface area contributed by atoms with Crippen LogP contribution in [0.4, 0.5) is 0 Å². The lowest BCUT2D eigenvalue weighted by Gasteiger charge is -2.17. The van der Waals surface area contributed by atoms with Crippen LogP contribution >= 0.6 is 24.0 Å². The summed E-state index contributed by atoms with van der Waals surface area (Å²) in [5, 5.41) is 10.3. The second-order valence-electron chi connectivity index (χ2n) is 5.00. The number of halogens is 1. The topological polar surface area (TPSA) is 87.8 Å². The quantitative estimate of drug-likeness (QED) is 0.243. The van der Waals surface area contributed by atoms with E-state index in [-0.39, 0.29) is 24.0 Å². The van der Waals surface area contributed by atoms with Gasteiger partial charge in [-0.25, -0.2) is 4.99 Å². The molecule has 0 radical (unpaired) electrons. The third-order valence-electron chi connectivity index (χ3n) is 2.97. The van der Waals surface area contributed by atoms with Crippen LogP contribution in [0.15, 0.2) is 9.52 Å². The molecule has 1 rings (SSSR count). The molecule has 0 unspecified atom stereocenters. The second-order valence-corrected chi connectivity index (χ2v) is 5.00. The molecule has 1 aromatic heterocycles. The zero-order valence-electron chi connectivity index (χ0n) is 14.5. The fourth-order valence-corrected chi connectivity index (χ4v) is 1.85. The predicted octanol–water partition coefficient (Wildman–Crippen LogP) is 1.02. The van der Waals surface area contributed by atoms with Gasteiger partial charge in [0.2, 0.25) is 5.89 Å². The number of nitrogens with one attached hydrogen (secondary N) is 2. The molecule has 0 spiro atoms. The van der Waals surface area contributed by atoms with Crippen molar-refractivity contribution in [1.82, 2.24) is 25.7 Å². The van der Waals surface area contributed by atoms with Gasteiger partial charge in [-0.05, 0) is 20.4 Å². The molecule has 0 amide bonds. The van der Waals surface area contributed by atoms with E-state index in [1.165, 1.54) is 0 Å². The van der Waals surface area contributed by atoms with E-state index in [4.69, 9.17) is 9.26 Å². The number of hydrogen-bond donors (Lipinski definition) is 2. The molecule has 0 aliphatic carbocycles. The van der Waals surface area contributed by atoms with Crippen molar-refractivity contribution in [2.45, 2.75) is 26.8 Å². The Bertz CT molecular complexity index is 441. The summed E-state index contributed by atoms with van der Waals surface area (Å²) >= 11 is 0. The van der Waals surface area contributed by atoms with Gasteiger partial charge in [-0.2, -0.15) is 4.98 Å². The van der Waals surface area contributed by atoms with Gasteiger partial charge < -0.3 is 24.8 Å². The van der Waals surface area contributed by atoms with Crippen molar-refractivity contribution in [3.8, 4) is 0 Å². The van der Waals surface area contributed by atoms with Crippen molar-refractivity contribution in [3.05, 3.63) is 11.7 Å². The number of rotatable bonds is 10. The number of aromatic nitrogens is 2. The number of likely N-dealkylation sites (N-methyl/N-ethyl adjacent to an activating group) is 1. The maximum absolute atomic E-state index is 5.05. The zero-order chi connectivity index (χ0) is 16.2. The fourth-order valence-electron chi connectivity index (χ4n) is 1.85. The van der Waals surface area contributed by atoms with Crippen LogP contribution in [0, 0.1) is 6.92 Å². The summed E-state index contributed by atoms with van der Waals surface area (Å²) in [6, 6.07) is 0. The first kappa shape index (κ1) is 22.1. The standard InChI is InChI=1S/C14H28N6O2.HI/c1-5-15-14(17-11-13-18-12(2)22-19-13)16-7-9-20(3)8-6-10-21-4;/h5-11H2,1-4H3,(H2,15,16,17);1H. The zero-order valence-corrected chi connectivity index (χ0v) is 16.8. The number of hydrogen-bond acceptors (Lipinski definition) is 6. The van der Waals surface area contributed by atoms with Gasteiger partial charge in [0.15, 0.2) is 11.8 Å². The van der Waals surface area contributed by atoms with E-state index < -0.39 is 0 Å². The highest BCUT2D eigenvalue weighted by atomic mass is 127. The highest BCUT2D eigenvalue weighted by Crippen LogP contribution is 1.96. The molecule has 23 heavy (non-hydrogen) atoms. The van der Waals surface area contributed by atoms with Crippen molar-refractivity contribution in [3.63, 3.8) is 0 Å². The molecule has 0 saturated carbocycles. The van der Waals surface area contributed by atoms with Gasteiger partial charge in [0.05, 0.1) is 0 Å².